The molecule has 1 aliphatic carbocycles. The van der Waals surface area contributed by atoms with Crippen molar-refractivity contribution in [2.24, 2.45) is 17.8 Å². The maximum atomic E-state index is 9.66. The van der Waals surface area contributed by atoms with Gasteiger partial charge in [-0.1, -0.05) is 13.8 Å². The van der Waals surface area contributed by atoms with E-state index < -0.39 is 18.3 Å². The van der Waals surface area contributed by atoms with Crippen LogP contribution in [0, 0.1) is 17.8 Å². The van der Waals surface area contributed by atoms with Gasteiger partial charge in [-0.2, -0.15) is 0 Å². The zero-order valence-electron chi connectivity index (χ0n) is 7.96. The fourth-order valence-electron chi connectivity index (χ4n) is 2.05. The average molecular weight is 190 g/mol. The topological polar surface area (TPSA) is 80.9 Å². The number of aliphatic hydroxyl groups excluding tert-OH is 4. The summed E-state index contributed by atoms with van der Waals surface area (Å²) in [7, 11) is 0. The van der Waals surface area contributed by atoms with Crippen LogP contribution in [0.25, 0.3) is 0 Å². The van der Waals surface area contributed by atoms with Crippen molar-refractivity contribution in [3.8, 4) is 0 Å². The first-order valence-corrected chi connectivity index (χ1v) is 4.65. The van der Waals surface area contributed by atoms with Crippen LogP contribution in [0.4, 0.5) is 0 Å². The van der Waals surface area contributed by atoms with Gasteiger partial charge in [0.05, 0.1) is 18.3 Å². The van der Waals surface area contributed by atoms with Crippen LogP contribution in [0.2, 0.25) is 0 Å². The molecule has 0 amide bonds. The second-order valence-electron chi connectivity index (χ2n) is 4.04. The molecule has 0 heterocycles. The Morgan fingerprint density at radius 2 is 1.31 bits per heavy atom. The quantitative estimate of drug-likeness (QED) is 0.426. The lowest BCUT2D eigenvalue weighted by Gasteiger charge is -2.43. The van der Waals surface area contributed by atoms with Crippen molar-refractivity contribution >= 4 is 0 Å². The molecule has 0 aromatic carbocycles. The van der Waals surface area contributed by atoms with Gasteiger partial charge in [-0.15, -0.1) is 0 Å². The molecule has 0 radical (unpaired) electrons. The Morgan fingerprint density at radius 1 is 0.846 bits per heavy atom. The average Bonchev–Trinajstić information content (AvgIpc) is 2.13. The molecule has 1 aliphatic rings. The van der Waals surface area contributed by atoms with Crippen LogP contribution in [0.15, 0.2) is 0 Å². The van der Waals surface area contributed by atoms with Gasteiger partial charge >= 0.3 is 0 Å². The smallest absolute Gasteiger partial charge is 0.0852 e. The van der Waals surface area contributed by atoms with E-state index in [4.69, 9.17) is 5.11 Å². The largest absolute Gasteiger partial charge is 0.396 e. The zero-order chi connectivity index (χ0) is 10.2. The third-order valence-electron chi connectivity index (χ3n) is 3.29. The van der Waals surface area contributed by atoms with Gasteiger partial charge in [-0.05, 0) is 5.92 Å². The molecular weight excluding hydrogens is 172 g/mol. The fourth-order valence-corrected chi connectivity index (χ4v) is 2.05. The Balaban J connectivity index is 2.79. The van der Waals surface area contributed by atoms with E-state index in [-0.39, 0.29) is 24.4 Å². The van der Waals surface area contributed by atoms with E-state index >= 15 is 0 Å². The highest BCUT2D eigenvalue weighted by Gasteiger charge is 2.44. The standard InChI is InChI=1S/C9H18O4/c1-4-6(3-10)7(11)5(2)9(13)8(4)12/h4-13H,3H2,1-2H3. The molecule has 4 nitrogen and oxygen atoms in total. The number of hydrogen-bond acceptors (Lipinski definition) is 4. The third-order valence-corrected chi connectivity index (χ3v) is 3.29. The molecule has 1 rings (SSSR count). The molecule has 0 bridgehead atoms. The number of hydrogen-bond donors (Lipinski definition) is 4. The second kappa shape index (κ2) is 3.92. The van der Waals surface area contributed by atoms with Crippen LogP contribution in [0.5, 0.6) is 0 Å². The van der Waals surface area contributed by atoms with Gasteiger partial charge in [0.15, 0.2) is 0 Å². The van der Waals surface area contributed by atoms with Gasteiger partial charge < -0.3 is 20.4 Å². The molecule has 0 spiro atoms. The first-order chi connectivity index (χ1) is 6.00. The first kappa shape index (κ1) is 10.9. The predicted molar refractivity (Wildman–Crippen MR) is 46.9 cm³/mol. The van der Waals surface area contributed by atoms with E-state index in [9.17, 15) is 15.3 Å². The van der Waals surface area contributed by atoms with E-state index in [0.717, 1.165) is 0 Å². The van der Waals surface area contributed by atoms with Gasteiger partial charge in [0, 0.05) is 18.4 Å². The van der Waals surface area contributed by atoms with Crippen LogP contribution < -0.4 is 0 Å². The van der Waals surface area contributed by atoms with Crippen LogP contribution in [-0.2, 0) is 0 Å². The summed E-state index contributed by atoms with van der Waals surface area (Å²) in [5.41, 5.74) is 0. The molecule has 13 heavy (non-hydrogen) atoms. The minimum Gasteiger partial charge on any atom is -0.396 e. The monoisotopic (exact) mass is 190 g/mol. The summed E-state index contributed by atoms with van der Waals surface area (Å²) < 4.78 is 0. The molecule has 6 unspecified atom stereocenters. The van der Waals surface area contributed by atoms with Crippen LogP contribution in [0.3, 0.4) is 0 Å². The van der Waals surface area contributed by atoms with E-state index in [1.54, 1.807) is 13.8 Å². The van der Waals surface area contributed by atoms with Crippen molar-refractivity contribution in [2.45, 2.75) is 32.2 Å². The van der Waals surface area contributed by atoms with Crippen molar-refractivity contribution in [1.82, 2.24) is 0 Å². The van der Waals surface area contributed by atoms with Crippen molar-refractivity contribution in [1.29, 1.82) is 0 Å². The molecule has 0 aromatic heterocycles. The molecule has 4 N–H and O–H groups in total. The minimum atomic E-state index is -0.896. The summed E-state index contributed by atoms with van der Waals surface area (Å²) in [6, 6.07) is 0. The van der Waals surface area contributed by atoms with Gasteiger partial charge in [-0.25, -0.2) is 0 Å². The van der Waals surface area contributed by atoms with Crippen molar-refractivity contribution < 1.29 is 20.4 Å². The van der Waals surface area contributed by atoms with Crippen molar-refractivity contribution in [3.63, 3.8) is 0 Å². The highest BCUT2D eigenvalue weighted by Crippen LogP contribution is 2.34. The van der Waals surface area contributed by atoms with Crippen LogP contribution in [-0.4, -0.2) is 45.3 Å². The van der Waals surface area contributed by atoms with Crippen molar-refractivity contribution in [2.75, 3.05) is 6.61 Å². The Morgan fingerprint density at radius 3 is 1.77 bits per heavy atom. The minimum absolute atomic E-state index is 0.156. The Bertz CT molecular complexity index is 157. The van der Waals surface area contributed by atoms with Gasteiger partial charge in [0.1, 0.15) is 0 Å². The summed E-state index contributed by atoms with van der Waals surface area (Å²) in [5, 5.41) is 37.7. The third kappa shape index (κ3) is 1.72. The summed E-state index contributed by atoms with van der Waals surface area (Å²) in [6.07, 6.45) is -2.48. The van der Waals surface area contributed by atoms with Crippen LogP contribution >= 0.6 is 0 Å². The summed E-state index contributed by atoms with van der Waals surface area (Å²) >= 11 is 0. The molecule has 0 aromatic rings. The lowest BCUT2D eigenvalue weighted by Crippen LogP contribution is -2.54. The molecule has 4 heteroatoms. The molecule has 0 saturated heterocycles. The van der Waals surface area contributed by atoms with Crippen molar-refractivity contribution in [3.05, 3.63) is 0 Å². The molecule has 1 saturated carbocycles. The molecular formula is C9H18O4. The highest BCUT2D eigenvalue weighted by molar-refractivity contribution is 4.94. The second-order valence-corrected chi connectivity index (χ2v) is 4.04. The van der Waals surface area contributed by atoms with Gasteiger partial charge in [0.25, 0.3) is 0 Å². The molecule has 78 valence electrons. The molecule has 0 aliphatic heterocycles. The van der Waals surface area contributed by atoms with E-state index in [1.807, 2.05) is 0 Å². The predicted octanol–water partition coefficient (Wildman–Crippen LogP) is -1.04. The van der Waals surface area contributed by atoms with Gasteiger partial charge in [-0.3, -0.25) is 0 Å². The number of rotatable bonds is 1. The molecule has 6 atom stereocenters. The van der Waals surface area contributed by atoms with E-state index in [0.29, 0.717) is 0 Å². The maximum Gasteiger partial charge on any atom is 0.0852 e. The summed E-state index contributed by atoms with van der Waals surface area (Å²) in [5.74, 6) is -0.997. The SMILES string of the molecule is CC1C(O)C(O)C(C)C(CO)C1O. The molecule has 1 fully saturated rings. The maximum absolute atomic E-state index is 9.66. The lowest BCUT2D eigenvalue weighted by molar-refractivity contribution is -0.152. The normalized spacial score (nSPS) is 52.2. The van der Waals surface area contributed by atoms with E-state index in [1.165, 1.54) is 0 Å². The highest BCUT2D eigenvalue weighted by atomic mass is 16.3. The Labute approximate surface area is 77.8 Å². The summed E-state index contributed by atoms with van der Waals surface area (Å²) in [4.78, 5) is 0. The Hall–Kier alpha value is -0.160. The first-order valence-electron chi connectivity index (χ1n) is 4.65. The van der Waals surface area contributed by atoms with Crippen LogP contribution in [0.1, 0.15) is 13.8 Å². The Kier molecular flexibility index (Phi) is 3.29. The zero-order valence-corrected chi connectivity index (χ0v) is 7.96. The number of aliphatic hydroxyl groups is 4. The van der Waals surface area contributed by atoms with E-state index in [2.05, 4.69) is 0 Å². The summed E-state index contributed by atoms with van der Waals surface area (Å²) in [6.45, 7) is 3.24. The van der Waals surface area contributed by atoms with Gasteiger partial charge in [0.2, 0.25) is 0 Å². The lowest BCUT2D eigenvalue weighted by atomic mass is 9.70. The fraction of sp³-hybridized carbons (Fsp3) is 1.00.